The van der Waals surface area contributed by atoms with Gasteiger partial charge in [0.25, 0.3) is 0 Å². The van der Waals surface area contributed by atoms with E-state index in [4.69, 9.17) is 5.41 Å². The Morgan fingerprint density at radius 1 is 1.36 bits per heavy atom. The highest BCUT2D eigenvalue weighted by Gasteiger charge is 2.13. The first-order valence-electron chi connectivity index (χ1n) is 3.84. The Bertz CT molecular complexity index is 215. The van der Waals surface area contributed by atoms with Gasteiger partial charge in [-0.2, -0.15) is 0 Å². The fourth-order valence-electron chi connectivity index (χ4n) is 1.30. The fraction of sp³-hybridized carbons (Fsp3) is 0.300. The SMILES string of the molecule is C=C/C=C1\C(=C)CCCC1=N. The minimum Gasteiger partial charge on any atom is -0.305 e. The second-order valence-corrected chi connectivity index (χ2v) is 2.75. The van der Waals surface area contributed by atoms with Crippen molar-refractivity contribution in [2.45, 2.75) is 19.3 Å². The predicted molar refractivity (Wildman–Crippen MR) is 49.0 cm³/mol. The third-order valence-corrected chi connectivity index (χ3v) is 1.90. The Morgan fingerprint density at radius 2 is 2.09 bits per heavy atom. The van der Waals surface area contributed by atoms with E-state index in [1.807, 2.05) is 6.08 Å². The molecule has 1 heteroatoms. The fourth-order valence-corrected chi connectivity index (χ4v) is 1.30. The van der Waals surface area contributed by atoms with Crippen molar-refractivity contribution in [1.29, 1.82) is 5.41 Å². The van der Waals surface area contributed by atoms with Crippen molar-refractivity contribution in [3.05, 3.63) is 36.5 Å². The van der Waals surface area contributed by atoms with Crippen molar-refractivity contribution in [1.82, 2.24) is 0 Å². The van der Waals surface area contributed by atoms with Gasteiger partial charge in [-0.3, -0.25) is 0 Å². The van der Waals surface area contributed by atoms with E-state index in [9.17, 15) is 0 Å². The van der Waals surface area contributed by atoms with Gasteiger partial charge in [0.2, 0.25) is 0 Å². The number of allylic oxidation sites excluding steroid dienone is 4. The van der Waals surface area contributed by atoms with Crippen molar-refractivity contribution < 1.29 is 0 Å². The topological polar surface area (TPSA) is 23.9 Å². The zero-order valence-electron chi connectivity index (χ0n) is 6.69. The average Bonchev–Trinajstić information content (AvgIpc) is 1.97. The summed E-state index contributed by atoms with van der Waals surface area (Å²) in [6, 6.07) is 0. The van der Waals surface area contributed by atoms with Crippen LogP contribution in [-0.4, -0.2) is 5.71 Å². The second kappa shape index (κ2) is 3.33. The van der Waals surface area contributed by atoms with Crippen LogP contribution >= 0.6 is 0 Å². The summed E-state index contributed by atoms with van der Waals surface area (Å²) >= 11 is 0. The first-order chi connectivity index (χ1) is 5.25. The van der Waals surface area contributed by atoms with Crippen LogP contribution in [0.15, 0.2) is 36.5 Å². The molecule has 0 heterocycles. The summed E-state index contributed by atoms with van der Waals surface area (Å²) in [7, 11) is 0. The highest BCUT2D eigenvalue weighted by atomic mass is 14.4. The average molecular weight is 147 g/mol. The molecule has 0 bridgehead atoms. The van der Waals surface area contributed by atoms with E-state index in [2.05, 4.69) is 13.2 Å². The van der Waals surface area contributed by atoms with E-state index >= 15 is 0 Å². The highest BCUT2D eigenvalue weighted by molar-refractivity contribution is 6.02. The molecule has 11 heavy (non-hydrogen) atoms. The van der Waals surface area contributed by atoms with Gasteiger partial charge in [-0.1, -0.05) is 25.3 Å². The van der Waals surface area contributed by atoms with Gasteiger partial charge in [-0.15, -0.1) is 0 Å². The molecule has 0 saturated heterocycles. The lowest BCUT2D eigenvalue weighted by Gasteiger charge is -2.17. The molecule has 0 radical (unpaired) electrons. The van der Waals surface area contributed by atoms with Gasteiger partial charge in [-0.25, -0.2) is 0 Å². The molecule has 0 spiro atoms. The van der Waals surface area contributed by atoms with E-state index in [-0.39, 0.29) is 0 Å². The van der Waals surface area contributed by atoms with Gasteiger partial charge in [0.05, 0.1) is 0 Å². The zero-order valence-corrected chi connectivity index (χ0v) is 6.69. The number of hydrogen-bond donors (Lipinski definition) is 1. The zero-order chi connectivity index (χ0) is 8.27. The van der Waals surface area contributed by atoms with Crippen LogP contribution in [0.25, 0.3) is 0 Å². The van der Waals surface area contributed by atoms with Crippen LogP contribution in [-0.2, 0) is 0 Å². The van der Waals surface area contributed by atoms with Crippen molar-refractivity contribution >= 4 is 5.71 Å². The summed E-state index contributed by atoms with van der Waals surface area (Å²) in [4.78, 5) is 0. The van der Waals surface area contributed by atoms with Crippen LogP contribution in [0.5, 0.6) is 0 Å². The molecule has 1 nitrogen and oxygen atoms in total. The molecule has 1 aliphatic carbocycles. The summed E-state index contributed by atoms with van der Waals surface area (Å²) < 4.78 is 0. The second-order valence-electron chi connectivity index (χ2n) is 2.75. The maximum absolute atomic E-state index is 7.60. The van der Waals surface area contributed by atoms with Crippen LogP contribution in [0.1, 0.15) is 19.3 Å². The lowest BCUT2D eigenvalue weighted by molar-refractivity contribution is 0.834. The molecule has 0 aromatic rings. The minimum absolute atomic E-state index is 0.709. The summed E-state index contributed by atoms with van der Waals surface area (Å²) in [6.07, 6.45) is 6.59. The van der Waals surface area contributed by atoms with Crippen LogP contribution in [0, 0.1) is 5.41 Å². The van der Waals surface area contributed by atoms with E-state index in [1.54, 1.807) is 6.08 Å². The standard InChI is InChI=1S/C10H13N/c1-3-5-9-8(2)6-4-7-10(9)11/h3,5,11H,1-2,4,6-7H2/b9-5+,11-10?. The van der Waals surface area contributed by atoms with Gasteiger partial charge in [0.15, 0.2) is 0 Å². The van der Waals surface area contributed by atoms with Crippen molar-refractivity contribution in [2.75, 3.05) is 0 Å². The smallest absolute Gasteiger partial charge is 0.0388 e. The lowest BCUT2D eigenvalue weighted by atomic mass is 9.89. The summed E-state index contributed by atoms with van der Waals surface area (Å²) in [5.74, 6) is 0. The van der Waals surface area contributed by atoms with Gasteiger partial charge >= 0.3 is 0 Å². The molecule has 1 rings (SSSR count). The predicted octanol–water partition coefficient (Wildman–Crippen LogP) is 2.86. The van der Waals surface area contributed by atoms with Crippen LogP contribution < -0.4 is 0 Å². The molecule has 0 amide bonds. The van der Waals surface area contributed by atoms with Crippen LogP contribution in [0.3, 0.4) is 0 Å². The minimum atomic E-state index is 0.709. The summed E-state index contributed by atoms with van der Waals surface area (Å²) in [5, 5.41) is 7.60. The first kappa shape index (κ1) is 7.99. The summed E-state index contributed by atoms with van der Waals surface area (Å²) in [6.45, 7) is 7.52. The van der Waals surface area contributed by atoms with Crippen LogP contribution in [0.4, 0.5) is 0 Å². The van der Waals surface area contributed by atoms with E-state index < -0.39 is 0 Å². The monoisotopic (exact) mass is 147 g/mol. The van der Waals surface area contributed by atoms with Gasteiger partial charge in [0.1, 0.15) is 0 Å². The summed E-state index contributed by atoms with van der Waals surface area (Å²) in [5.41, 5.74) is 2.79. The third-order valence-electron chi connectivity index (χ3n) is 1.90. The Kier molecular flexibility index (Phi) is 2.42. The van der Waals surface area contributed by atoms with E-state index in [0.717, 1.165) is 30.4 Å². The lowest BCUT2D eigenvalue weighted by Crippen LogP contribution is -2.09. The number of rotatable bonds is 1. The van der Waals surface area contributed by atoms with Crippen LogP contribution in [0.2, 0.25) is 0 Å². The molecule has 0 atom stereocenters. The third kappa shape index (κ3) is 1.67. The van der Waals surface area contributed by atoms with Gasteiger partial charge in [-0.05, 0) is 30.4 Å². The molecule has 58 valence electrons. The Morgan fingerprint density at radius 3 is 2.64 bits per heavy atom. The van der Waals surface area contributed by atoms with Crippen molar-refractivity contribution in [3.63, 3.8) is 0 Å². The molecule has 0 aromatic carbocycles. The molecule has 1 N–H and O–H groups in total. The van der Waals surface area contributed by atoms with Crippen molar-refractivity contribution in [2.24, 2.45) is 0 Å². The molecule has 0 aliphatic heterocycles. The number of hydrogen-bond acceptors (Lipinski definition) is 1. The normalized spacial score (nSPS) is 22.4. The molecular formula is C10H13N. The van der Waals surface area contributed by atoms with E-state index in [1.165, 1.54) is 0 Å². The maximum Gasteiger partial charge on any atom is 0.0388 e. The molecule has 1 saturated carbocycles. The van der Waals surface area contributed by atoms with Gasteiger partial charge in [0, 0.05) is 5.71 Å². The Labute approximate surface area is 67.6 Å². The Hall–Kier alpha value is -1.11. The quantitative estimate of drug-likeness (QED) is 0.589. The van der Waals surface area contributed by atoms with E-state index in [0.29, 0.717) is 5.71 Å². The maximum atomic E-state index is 7.60. The first-order valence-corrected chi connectivity index (χ1v) is 3.84. The highest BCUT2D eigenvalue weighted by Crippen LogP contribution is 2.24. The Balaban J connectivity index is 2.87. The van der Waals surface area contributed by atoms with Gasteiger partial charge < -0.3 is 5.41 Å². The molecule has 0 unspecified atom stereocenters. The molecule has 1 fully saturated rings. The molecule has 0 aromatic heterocycles. The number of nitrogens with one attached hydrogen (secondary N) is 1. The molecule has 1 aliphatic rings. The van der Waals surface area contributed by atoms with Crippen molar-refractivity contribution in [3.8, 4) is 0 Å². The largest absolute Gasteiger partial charge is 0.305 e. The molecular weight excluding hydrogens is 134 g/mol.